The molecule has 0 saturated carbocycles. The number of hydrogen-bond donors (Lipinski definition) is 1. The van der Waals surface area contributed by atoms with Gasteiger partial charge in [0.2, 0.25) is 0 Å². The maximum absolute atomic E-state index is 12.4. The highest BCUT2D eigenvalue weighted by molar-refractivity contribution is 7.11. The number of likely N-dealkylation sites (tertiary alicyclic amines) is 1. The normalized spacial score (nSPS) is 17.3. The fraction of sp³-hybridized carbons (Fsp3) is 0.611. The lowest BCUT2D eigenvalue weighted by molar-refractivity contribution is 0.0179. The Hall–Kier alpha value is -1.51. The predicted molar refractivity (Wildman–Crippen MR) is 103 cm³/mol. The van der Waals surface area contributed by atoms with Crippen LogP contribution in [0.5, 0.6) is 0 Å². The van der Waals surface area contributed by atoms with Crippen LogP contribution in [-0.2, 0) is 16.8 Å². The minimum atomic E-state index is -0.497. The summed E-state index contributed by atoms with van der Waals surface area (Å²) in [6, 6.07) is 0. The van der Waals surface area contributed by atoms with E-state index in [-0.39, 0.29) is 18.1 Å². The van der Waals surface area contributed by atoms with Crippen LogP contribution in [-0.4, -0.2) is 44.8 Å². The standard InChI is InChI=1S/C18H25N3O3S2/c1-12-10-25-14(19-12)18(15-20-13(9-22)11-26-15)5-7-21(8-6-18)16(23)24-17(2,3)4/h10-11,22H,5-9H2,1-4H3. The third-order valence-electron chi connectivity index (χ3n) is 4.42. The van der Waals surface area contributed by atoms with Gasteiger partial charge in [-0.25, -0.2) is 14.8 Å². The van der Waals surface area contributed by atoms with Crippen molar-refractivity contribution in [2.45, 2.75) is 58.2 Å². The Morgan fingerprint density at radius 2 is 1.85 bits per heavy atom. The number of carbonyl (C=O) groups is 1. The van der Waals surface area contributed by atoms with Gasteiger partial charge >= 0.3 is 6.09 Å². The van der Waals surface area contributed by atoms with Gasteiger partial charge in [-0.15, -0.1) is 22.7 Å². The molecule has 1 amide bonds. The summed E-state index contributed by atoms with van der Waals surface area (Å²) in [4.78, 5) is 23.5. The molecule has 3 heterocycles. The van der Waals surface area contributed by atoms with Gasteiger partial charge in [-0.05, 0) is 40.5 Å². The number of thiazole rings is 2. The fourth-order valence-corrected chi connectivity index (χ4v) is 5.28. The van der Waals surface area contributed by atoms with E-state index in [2.05, 4.69) is 10.4 Å². The molecule has 2 aromatic rings. The third kappa shape index (κ3) is 3.92. The molecular formula is C18H25N3O3S2. The molecule has 0 atom stereocenters. The number of aryl methyl sites for hydroxylation is 1. The van der Waals surface area contributed by atoms with E-state index in [1.807, 2.05) is 33.1 Å². The molecule has 2 aromatic heterocycles. The Labute approximate surface area is 161 Å². The second kappa shape index (κ2) is 7.25. The minimum Gasteiger partial charge on any atom is -0.444 e. The first-order valence-electron chi connectivity index (χ1n) is 8.70. The summed E-state index contributed by atoms with van der Waals surface area (Å²) in [5.41, 5.74) is 0.893. The molecule has 0 aromatic carbocycles. The summed E-state index contributed by atoms with van der Waals surface area (Å²) in [6.07, 6.45) is 1.23. The van der Waals surface area contributed by atoms with Crippen LogP contribution in [0.3, 0.4) is 0 Å². The molecule has 1 aliphatic heterocycles. The van der Waals surface area contributed by atoms with Crippen molar-refractivity contribution in [1.82, 2.24) is 14.9 Å². The Morgan fingerprint density at radius 1 is 1.23 bits per heavy atom. The largest absolute Gasteiger partial charge is 0.444 e. The molecule has 0 aliphatic carbocycles. The van der Waals surface area contributed by atoms with Gasteiger partial charge in [-0.1, -0.05) is 0 Å². The lowest BCUT2D eigenvalue weighted by Gasteiger charge is -2.39. The number of amides is 1. The summed E-state index contributed by atoms with van der Waals surface area (Å²) >= 11 is 3.21. The molecule has 3 rings (SSSR count). The van der Waals surface area contributed by atoms with Crippen LogP contribution in [0.2, 0.25) is 0 Å². The van der Waals surface area contributed by atoms with E-state index in [9.17, 15) is 9.90 Å². The Kier molecular flexibility index (Phi) is 5.37. The van der Waals surface area contributed by atoms with E-state index in [1.165, 1.54) is 0 Å². The Morgan fingerprint density at radius 3 is 2.35 bits per heavy atom. The molecule has 0 unspecified atom stereocenters. The summed E-state index contributed by atoms with van der Waals surface area (Å²) in [5.74, 6) is 0. The molecule has 1 saturated heterocycles. The molecule has 26 heavy (non-hydrogen) atoms. The SMILES string of the molecule is Cc1csc(C2(c3nc(CO)cs3)CCN(C(=O)OC(C)(C)C)CC2)n1. The van der Waals surface area contributed by atoms with Crippen LogP contribution < -0.4 is 0 Å². The summed E-state index contributed by atoms with van der Waals surface area (Å²) < 4.78 is 5.51. The second-order valence-corrected chi connectivity index (χ2v) is 9.36. The minimum absolute atomic E-state index is 0.0620. The number of piperidine rings is 1. The number of nitrogens with zero attached hydrogens (tertiary/aromatic N) is 3. The molecule has 1 fully saturated rings. The van der Waals surface area contributed by atoms with Crippen LogP contribution >= 0.6 is 22.7 Å². The van der Waals surface area contributed by atoms with Crippen LogP contribution in [0.1, 0.15) is 55.0 Å². The first-order chi connectivity index (χ1) is 12.2. The molecule has 0 spiro atoms. The number of aromatic nitrogens is 2. The van der Waals surface area contributed by atoms with Crippen LogP contribution in [0.25, 0.3) is 0 Å². The number of rotatable bonds is 3. The predicted octanol–water partition coefficient (Wildman–Crippen LogP) is 3.72. The van der Waals surface area contributed by atoms with E-state index >= 15 is 0 Å². The maximum atomic E-state index is 12.4. The summed E-state index contributed by atoms with van der Waals surface area (Å²) in [5, 5.41) is 15.4. The zero-order valence-corrected chi connectivity index (χ0v) is 17.2. The van der Waals surface area contributed by atoms with Gasteiger partial charge in [0, 0.05) is 29.5 Å². The topological polar surface area (TPSA) is 75.6 Å². The zero-order valence-electron chi connectivity index (χ0n) is 15.6. The Balaban J connectivity index is 1.85. The van der Waals surface area contributed by atoms with E-state index in [4.69, 9.17) is 9.72 Å². The lowest BCUT2D eigenvalue weighted by atomic mass is 9.79. The molecule has 1 N–H and O–H groups in total. The van der Waals surface area contributed by atoms with Gasteiger partial charge in [0.1, 0.15) is 15.6 Å². The average Bonchev–Trinajstić information content (AvgIpc) is 3.22. The van der Waals surface area contributed by atoms with Gasteiger partial charge < -0.3 is 14.7 Å². The number of aliphatic hydroxyl groups is 1. The van der Waals surface area contributed by atoms with Crippen LogP contribution in [0, 0.1) is 6.92 Å². The summed E-state index contributed by atoms with van der Waals surface area (Å²) in [6.45, 7) is 8.76. The van der Waals surface area contributed by atoms with Gasteiger partial charge in [0.15, 0.2) is 0 Å². The van der Waals surface area contributed by atoms with Crippen LogP contribution in [0.4, 0.5) is 4.79 Å². The van der Waals surface area contributed by atoms with E-state index in [0.717, 1.165) is 28.6 Å². The summed E-state index contributed by atoms with van der Waals surface area (Å²) in [7, 11) is 0. The van der Waals surface area contributed by atoms with Crippen LogP contribution in [0.15, 0.2) is 10.8 Å². The lowest BCUT2D eigenvalue weighted by Crippen LogP contribution is -2.47. The van der Waals surface area contributed by atoms with E-state index < -0.39 is 5.60 Å². The molecule has 142 valence electrons. The number of aliphatic hydroxyl groups excluding tert-OH is 1. The highest BCUT2D eigenvalue weighted by Gasteiger charge is 2.44. The van der Waals surface area contributed by atoms with Gasteiger partial charge in [0.05, 0.1) is 17.7 Å². The Bertz CT molecular complexity index is 771. The van der Waals surface area contributed by atoms with E-state index in [1.54, 1.807) is 27.6 Å². The maximum Gasteiger partial charge on any atom is 0.410 e. The monoisotopic (exact) mass is 395 g/mol. The highest BCUT2D eigenvalue weighted by Crippen LogP contribution is 2.44. The number of carbonyl (C=O) groups excluding carboxylic acids is 1. The zero-order chi connectivity index (χ0) is 18.9. The fourth-order valence-electron chi connectivity index (χ4n) is 3.09. The molecule has 6 nitrogen and oxygen atoms in total. The molecule has 8 heteroatoms. The van der Waals surface area contributed by atoms with Crippen molar-refractivity contribution in [3.8, 4) is 0 Å². The number of ether oxygens (including phenoxy) is 1. The smallest absolute Gasteiger partial charge is 0.410 e. The third-order valence-corrected chi connectivity index (χ3v) is 6.68. The molecule has 0 bridgehead atoms. The van der Waals surface area contributed by atoms with Crippen molar-refractivity contribution in [3.05, 3.63) is 32.2 Å². The van der Waals surface area contributed by atoms with Gasteiger partial charge in [-0.2, -0.15) is 0 Å². The van der Waals surface area contributed by atoms with Crippen molar-refractivity contribution < 1.29 is 14.6 Å². The molecular weight excluding hydrogens is 370 g/mol. The number of hydrogen-bond acceptors (Lipinski definition) is 7. The van der Waals surface area contributed by atoms with Crippen molar-refractivity contribution >= 4 is 28.8 Å². The van der Waals surface area contributed by atoms with Crippen molar-refractivity contribution in [2.75, 3.05) is 13.1 Å². The van der Waals surface area contributed by atoms with Crippen molar-refractivity contribution in [2.24, 2.45) is 0 Å². The van der Waals surface area contributed by atoms with Crippen molar-refractivity contribution in [3.63, 3.8) is 0 Å². The first-order valence-corrected chi connectivity index (χ1v) is 10.5. The molecule has 1 aliphatic rings. The second-order valence-electron chi connectivity index (χ2n) is 7.65. The molecule has 0 radical (unpaired) electrons. The van der Waals surface area contributed by atoms with Gasteiger partial charge in [-0.3, -0.25) is 0 Å². The van der Waals surface area contributed by atoms with Gasteiger partial charge in [0.25, 0.3) is 0 Å². The average molecular weight is 396 g/mol. The quantitative estimate of drug-likeness (QED) is 0.857. The van der Waals surface area contributed by atoms with Crippen molar-refractivity contribution in [1.29, 1.82) is 0 Å². The van der Waals surface area contributed by atoms with E-state index in [0.29, 0.717) is 18.8 Å². The first kappa shape index (κ1) is 19.3. The highest BCUT2D eigenvalue weighted by atomic mass is 32.1.